The van der Waals surface area contributed by atoms with Crippen molar-refractivity contribution in [1.82, 2.24) is 10.2 Å². The van der Waals surface area contributed by atoms with Gasteiger partial charge in [-0.2, -0.15) is 0 Å². The van der Waals surface area contributed by atoms with E-state index in [4.69, 9.17) is 4.42 Å². The number of amides is 1. The highest BCUT2D eigenvalue weighted by Gasteiger charge is 2.30. The summed E-state index contributed by atoms with van der Waals surface area (Å²) in [7, 11) is 0. The predicted molar refractivity (Wildman–Crippen MR) is 83.9 cm³/mol. The second-order valence-corrected chi connectivity index (χ2v) is 6.38. The lowest BCUT2D eigenvalue weighted by atomic mass is 10.2. The number of carbonyl (C=O) groups excluding carboxylic acids is 1. The molecule has 0 spiro atoms. The average Bonchev–Trinajstić information content (AvgIpc) is 3.12. The van der Waals surface area contributed by atoms with Crippen LogP contribution >= 0.6 is 11.3 Å². The molecule has 1 aromatic carbocycles. The van der Waals surface area contributed by atoms with E-state index >= 15 is 0 Å². The average molecular weight is 347 g/mol. The number of rotatable bonds is 4. The molecule has 1 saturated carbocycles. The van der Waals surface area contributed by atoms with Gasteiger partial charge in [0.25, 0.3) is 11.8 Å². The molecule has 8 heteroatoms. The second kappa shape index (κ2) is 5.79. The smallest absolute Gasteiger partial charge is 0.259 e. The highest BCUT2D eigenvalue weighted by Crippen LogP contribution is 2.41. The Hall–Kier alpha value is -2.61. The largest absolute Gasteiger partial charge is 0.420 e. The quantitative estimate of drug-likeness (QED) is 0.768. The Kier molecular flexibility index (Phi) is 3.61. The fraction of sp³-hybridized carbons (Fsp3) is 0.188. The summed E-state index contributed by atoms with van der Waals surface area (Å²) < 4.78 is 31.9. The SMILES string of the molecule is O=C(Nc1ccsc1-c1nnc(C2CC2)o1)c1ccc(F)c(F)c1. The Bertz CT molecular complexity index is 918. The van der Waals surface area contributed by atoms with Crippen molar-refractivity contribution in [2.45, 2.75) is 18.8 Å². The third-order valence-corrected chi connectivity index (χ3v) is 4.56. The highest BCUT2D eigenvalue weighted by molar-refractivity contribution is 7.14. The normalized spacial score (nSPS) is 13.9. The maximum absolute atomic E-state index is 13.3. The number of aromatic nitrogens is 2. The molecule has 0 atom stereocenters. The van der Waals surface area contributed by atoms with Crippen LogP contribution in [0.4, 0.5) is 14.5 Å². The van der Waals surface area contributed by atoms with Crippen molar-refractivity contribution in [3.8, 4) is 10.8 Å². The van der Waals surface area contributed by atoms with Crippen molar-refractivity contribution >= 4 is 22.9 Å². The van der Waals surface area contributed by atoms with Gasteiger partial charge in [-0.1, -0.05) is 0 Å². The molecule has 1 aliphatic rings. The second-order valence-electron chi connectivity index (χ2n) is 5.47. The van der Waals surface area contributed by atoms with Crippen LogP contribution in [0.3, 0.4) is 0 Å². The summed E-state index contributed by atoms with van der Waals surface area (Å²) in [5.41, 5.74) is 0.510. The van der Waals surface area contributed by atoms with E-state index in [9.17, 15) is 13.6 Å². The number of nitrogens with one attached hydrogen (secondary N) is 1. The molecule has 0 radical (unpaired) electrons. The first-order chi connectivity index (χ1) is 11.6. The lowest BCUT2D eigenvalue weighted by Gasteiger charge is -2.05. The van der Waals surface area contributed by atoms with E-state index in [0.29, 0.717) is 28.3 Å². The van der Waals surface area contributed by atoms with Crippen LogP contribution in [0.25, 0.3) is 10.8 Å². The fourth-order valence-electron chi connectivity index (χ4n) is 2.23. The van der Waals surface area contributed by atoms with Crippen LogP contribution in [0.1, 0.15) is 35.0 Å². The molecule has 24 heavy (non-hydrogen) atoms. The molecule has 2 aromatic heterocycles. The van der Waals surface area contributed by atoms with E-state index in [-0.39, 0.29) is 5.56 Å². The van der Waals surface area contributed by atoms with E-state index in [1.165, 1.54) is 17.4 Å². The van der Waals surface area contributed by atoms with Gasteiger partial charge in [0, 0.05) is 11.5 Å². The van der Waals surface area contributed by atoms with Crippen LogP contribution in [-0.4, -0.2) is 16.1 Å². The summed E-state index contributed by atoms with van der Waals surface area (Å²) in [4.78, 5) is 12.9. The third-order valence-electron chi connectivity index (χ3n) is 3.66. The molecule has 0 unspecified atom stereocenters. The third kappa shape index (κ3) is 2.80. The van der Waals surface area contributed by atoms with Crippen molar-refractivity contribution in [3.63, 3.8) is 0 Å². The predicted octanol–water partition coefficient (Wildman–Crippen LogP) is 4.21. The molecule has 122 valence electrons. The first kappa shape index (κ1) is 14.9. The van der Waals surface area contributed by atoms with E-state index in [1.807, 2.05) is 0 Å². The number of nitrogens with zero attached hydrogens (tertiary/aromatic N) is 2. The van der Waals surface area contributed by atoms with Gasteiger partial charge in [0.2, 0.25) is 5.89 Å². The molecule has 1 amide bonds. The number of carbonyl (C=O) groups is 1. The molecule has 4 rings (SSSR count). The molecule has 0 saturated heterocycles. The van der Waals surface area contributed by atoms with E-state index < -0.39 is 17.5 Å². The Morgan fingerprint density at radius 1 is 1.21 bits per heavy atom. The molecule has 3 aromatic rings. The molecule has 1 N–H and O–H groups in total. The van der Waals surface area contributed by atoms with E-state index in [2.05, 4.69) is 15.5 Å². The number of hydrogen-bond acceptors (Lipinski definition) is 5. The van der Waals surface area contributed by atoms with Gasteiger partial charge < -0.3 is 9.73 Å². The molecule has 2 heterocycles. The lowest BCUT2D eigenvalue weighted by Crippen LogP contribution is -2.12. The molecular weight excluding hydrogens is 336 g/mol. The number of thiophene rings is 1. The van der Waals surface area contributed by atoms with Gasteiger partial charge in [-0.15, -0.1) is 21.5 Å². The van der Waals surface area contributed by atoms with Crippen LogP contribution in [0, 0.1) is 11.6 Å². The Morgan fingerprint density at radius 3 is 2.79 bits per heavy atom. The Morgan fingerprint density at radius 2 is 2.04 bits per heavy atom. The molecule has 1 aliphatic carbocycles. The minimum atomic E-state index is -1.07. The van der Waals surface area contributed by atoms with Gasteiger partial charge in [0.15, 0.2) is 11.6 Å². The first-order valence-electron chi connectivity index (χ1n) is 7.29. The van der Waals surface area contributed by atoms with Gasteiger partial charge in [0.1, 0.15) is 4.88 Å². The number of hydrogen-bond donors (Lipinski definition) is 1. The topological polar surface area (TPSA) is 68.0 Å². The zero-order valence-electron chi connectivity index (χ0n) is 12.3. The van der Waals surface area contributed by atoms with Gasteiger partial charge in [-0.3, -0.25) is 4.79 Å². The summed E-state index contributed by atoms with van der Waals surface area (Å²) >= 11 is 1.35. The van der Waals surface area contributed by atoms with Gasteiger partial charge in [-0.25, -0.2) is 8.78 Å². The fourth-order valence-corrected chi connectivity index (χ4v) is 3.00. The van der Waals surface area contributed by atoms with Crippen molar-refractivity contribution in [2.24, 2.45) is 0 Å². The van der Waals surface area contributed by atoms with Gasteiger partial charge >= 0.3 is 0 Å². The van der Waals surface area contributed by atoms with E-state index in [1.54, 1.807) is 11.4 Å². The Balaban J connectivity index is 1.57. The van der Waals surface area contributed by atoms with Crippen LogP contribution < -0.4 is 5.32 Å². The Labute approximate surface area is 139 Å². The summed E-state index contributed by atoms with van der Waals surface area (Å²) in [6.45, 7) is 0. The maximum Gasteiger partial charge on any atom is 0.259 e. The monoisotopic (exact) mass is 347 g/mol. The van der Waals surface area contributed by atoms with Gasteiger partial charge in [0.05, 0.1) is 5.69 Å². The molecule has 5 nitrogen and oxygen atoms in total. The lowest BCUT2D eigenvalue weighted by molar-refractivity contribution is 0.102. The zero-order valence-corrected chi connectivity index (χ0v) is 13.1. The maximum atomic E-state index is 13.3. The number of halogens is 2. The summed E-state index contributed by atoms with van der Waals surface area (Å²) in [6, 6.07) is 4.68. The van der Waals surface area contributed by atoms with Crippen LogP contribution in [0.15, 0.2) is 34.1 Å². The standard InChI is InChI=1S/C16H11F2N3O2S/c17-10-4-3-9(7-11(10)18)14(22)19-12-5-6-24-13(12)16-21-20-15(23-16)8-1-2-8/h3-8H,1-2H2,(H,19,22). The van der Waals surface area contributed by atoms with Crippen LogP contribution in [0.5, 0.6) is 0 Å². The summed E-state index contributed by atoms with van der Waals surface area (Å²) in [6.07, 6.45) is 2.09. The molecule has 0 bridgehead atoms. The van der Waals surface area contributed by atoms with Crippen molar-refractivity contribution in [2.75, 3.05) is 5.32 Å². The van der Waals surface area contributed by atoms with Crippen molar-refractivity contribution in [1.29, 1.82) is 0 Å². The van der Waals surface area contributed by atoms with Crippen molar-refractivity contribution in [3.05, 3.63) is 52.7 Å². The molecule has 0 aliphatic heterocycles. The minimum absolute atomic E-state index is 0.0234. The van der Waals surface area contributed by atoms with Gasteiger partial charge in [-0.05, 0) is 42.5 Å². The number of benzene rings is 1. The van der Waals surface area contributed by atoms with Crippen molar-refractivity contribution < 1.29 is 18.0 Å². The highest BCUT2D eigenvalue weighted by atomic mass is 32.1. The molecule has 1 fully saturated rings. The number of anilines is 1. The first-order valence-corrected chi connectivity index (χ1v) is 8.17. The molecular formula is C16H11F2N3O2S. The zero-order chi connectivity index (χ0) is 16.7. The summed E-state index contributed by atoms with van der Waals surface area (Å²) in [5.74, 6) is -1.33. The van der Waals surface area contributed by atoms with Crippen LogP contribution in [-0.2, 0) is 0 Å². The van der Waals surface area contributed by atoms with Crippen LogP contribution in [0.2, 0.25) is 0 Å². The summed E-state index contributed by atoms with van der Waals surface area (Å²) in [5, 5.41) is 12.5. The van der Waals surface area contributed by atoms with E-state index in [0.717, 1.165) is 25.0 Å². The minimum Gasteiger partial charge on any atom is -0.420 e.